The summed E-state index contributed by atoms with van der Waals surface area (Å²) in [7, 11) is 0. The molecule has 1 rings (SSSR count). The van der Waals surface area contributed by atoms with Crippen molar-refractivity contribution >= 4 is 0 Å². The molecule has 1 heteroatoms. The molecule has 0 spiro atoms. The van der Waals surface area contributed by atoms with Crippen LogP contribution in [0.25, 0.3) is 0 Å². The van der Waals surface area contributed by atoms with Gasteiger partial charge in [-0.2, -0.15) is 0 Å². The minimum absolute atomic E-state index is 0.382. The minimum Gasteiger partial charge on any atom is -0.298 e. The highest BCUT2D eigenvalue weighted by molar-refractivity contribution is 4.91. The first-order valence-electron chi connectivity index (χ1n) is 5.57. The summed E-state index contributed by atoms with van der Waals surface area (Å²) in [6.45, 7) is 16.6. The third-order valence-corrected chi connectivity index (χ3v) is 3.65. The molecule has 0 N–H and O–H groups in total. The lowest BCUT2D eigenvalue weighted by Crippen LogP contribution is -2.58. The molecule has 1 heterocycles. The van der Waals surface area contributed by atoms with Gasteiger partial charge in [-0.3, -0.25) is 4.90 Å². The predicted molar refractivity (Wildman–Crippen MR) is 58.8 cm³/mol. The minimum atomic E-state index is 0.382. The van der Waals surface area contributed by atoms with Crippen molar-refractivity contribution in [2.75, 3.05) is 13.1 Å². The summed E-state index contributed by atoms with van der Waals surface area (Å²) in [6.07, 6.45) is 0. The zero-order valence-corrected chi connectivity index (χ0v) is 10.1. The van der Waals surface area contributed by atoms with Crippen molar-refractivity contribution < 1.29 is 0 Å². The average Bonchev–Trinajstić information content (AvgIpc) is 1.79. The van der Waals surface area contributed by atoms with Gasteiger partial charge in [0.2, 0.25) is 0 Å². The van der Waals surface area contributed by atoms with Crippen LogP contribution in [0, 0.1) is 17.8 Å². The summed E-state index contributed by atoms with van der Waals surface area (Å²) in [4.78, 5) is 2.58. The van der Waals surface area contributed by atoms with E-state index in [9.17, 15) is 0 Å². The van der Waals surface area contributed by atoms with Crippen molar-refractivity contribution in [3.05, 3.63) is 0 Å². The fraction of sp³-hybridized carbons (Fsp3) is 1.00. The van der Waals surface area contributed by atoms with E-state index in [1.807, 2.05) is 0 Å². The Morgan fingerprint density at radius 1 is 1.08 bits per heavy atom. The predicted octanol–water partition coefficient (Wildman–Crippen LogP) is 3.01. The van der Waals surface area contributed by atoms with Gasteiger partial charge in [0, 0.05) is 18.6 Å². The molecule has 1 aliphatic heterocycles. The molecule has 1 nitrogen and oxygen atoms in total. The van der Waals surface area contributed by atoms with E-state index in [4.69, 9.17) is 0 Å². The highest BCUT2D eigenvalue weighted by atomic mass is 15.2. The van der Waals surface area contributed by atoms with E-state index in [0.29, 0.717) is 5.54 Å². The van der Waals surface area contributed by atoms with E-state index in [1.165, 1.54) is 13.1 Å². The van der Waals surface area contributed by atoms with Crippen molar-refractivity contribution in [2.45, 2.75) is 47.1 Å². The second kappa shape index (κ2) is 3.61. The van der Waals surface area contributed by atoms with Gasteiger partial charge >= 0.3 is 0 Å². The summed E-state index contributed by atoms with van der Waals surface area (Å²) in [5.41, 5.74) is 0.382. The molecule has 0 bridgehead atoms. The molecule has 1 atom stereocenters. The second-order valence-electron chi connectivity index (χ2n) is 5.94. The maximum absolute atomic E-state index is 2.58. The molecule has 1 unspecified atom stereocenters. The fourth-order valence-corrected chi connectivity index (χ4v) is 1.94. The monoisotopic (exact) mass is 183 g/mol. The molecule has 13 heavy (non-hydrogen) atoms. The first-order chi connectivity index (χ1) is 5.82. The molecule has 1 saturated heterocycles. The van der Waals surface area contributed by atoms with Crippen LogP contribution in [0.3, 0.4) is 0 Å². The van der Waals surface area contributed by atoms with E-state index in [2.05, 4.69) is 46.4 Å². The van der Waals surface area contributed by atoms with Crippen LogP contribution in [0.15, 0.2) is 0 Å². The van der Waals surface area contributed by atoms with Crippen LogP contribution < -0.4 is 0 Å². The van der Waals surface area contributed by atoms with E-state index < -0.39 is 0 Å². The molecule has 0 aromatic rings. The standard InChI is InChI=1S/C12H25N/c1-9(2)10(3)11-7-13(8-11)12(4,5)6/h9-11H,7-8H2,1-6H3. The van der Waals surface area contributed by atoms with E-state index in [0.717, 1.165) is 17.8 Å². The Morgan fingerprint density at radius 3 is 1.85 bits per heavy atom. The highest BCUT2D eigenvalue weighted by Gasteiger charge is 2.37. The number of nitrogens with zero attached hydrogens (tertiary/aromatic N) is 1. The van der Waals surface area contributed by atoms with Crippen molar-refractivity contribution in [1.29, 1.82) is 0 Å². The van der Waals surface area contributed by atoms with Crippen LogP contribution in [-0.4, -0.2) is 23.5 Å². The molecular formula is C12H25N. The van der Waals surface area contributed by atoms with Crippen molar-refractivity contribution in [3.63, 3.8) is 0 Å². The Labute approximate surface area is 83.5 Å². The van der Waals surface area contributed by atoms with Gasteiger partial charge < -0.3 is 0 Å². The Balaban J connectivity index is 2.33. The van der Waals surface area contributed by atoms with Crippen LogP contribution in [-0.2, 0) is 0 Å². The summed E-state index contributed by atoms with van der Waals surface area (Å²) in [5, 5.41) is 0. The van der Waals surface area contributed by atoms with Gasteiger partial charge in [0.1, 0.15) is 0 Å². The third-order valence-electron chi connectivity index (χ3n) is 3.65. The van der Waals surface area contributed by atoms with Gasteiger partial charge in [0.25, 0.3) is 0 Å². The maximum atomic E-state index is 2.58. The summed E-state index contributed by atoms with van der Waals surface area (Å²) >= 11 is 0. The number of hydrogen-bond acceptors (Lipinski definition) is 1. The van der Waals surface area contributed by atoms with Crippen LogP contribution in [0.1, 0.15) is 41.5 Å². The molecular weight excluding hydrogens is 158 g/mol. The van der Waals surface area contributed by atoms with Crippen LogP contribution in [0.4, 0.5) is 0 Å². The Bertz CT molecular complexity index is 160. The molecule has 0 aromatic heterocycles. The van der Waals surface area contributed by atoms with E-state index >= 15 is 0 Å². The van der Waals surface area contributed by atoms with Crippen LogP contribution in [0.5, 0.6) is 0 Å². The third kappa shape index (κ3) is 2.46. The maximum Gasteiger partial charge on any atom is 0.0125 e. The van der Waals surface area contributed by atoms with E-state index in [-0.39, 0.29) is 0 Å². The Morgan fingerprint density at radius 2 is 1.54 bits per heavy atom. The lowest BCUT2D eigenvalue weighted by molar-refractivity contribution is -0.0188. The SMILES string of the molecule is CC(C)C(C)C1CN(C(C)(C)C)C1. The largest absolute Gasteiger partial charge is 0.298 e. The van der Waals surface area contributed by atoms with Crippen LogP contribution >= 0.6 is 0 Å². The Kier molecular flexibility index (Phi) is 3.06. The van der Waals surface area contributed by atoms with Crippen molar-refractivity contribution in [1.82, 2.24) is 4.90 Å². The first-order valence-corrected chi connectivity index (χ1v) is 5.57. The summed E-state index contributed by atoms with van der Waals surface area (Å²) in [6, 6.07) is 0. The number of likely N-dealkylation sites (tertiary alicyclic amines) is 1. The van der Waals surface area contributed by atoms with Gasteiger partial charge in [0.15, 0.2) is 0 Å². The topological polar surface area (TPSA) is 3.24 Å². The molecule has 1 aliphatic rings. The fourth-order valence-electron chi connectivity index (χ4n) is 1.94. The highest BCUT2D eigenvalue weighted by Crippen LogP contribution is 2.33. The first kappa shape index (κ1) is 11.0. The normalized spacial score (nSPS) is 23.3. The number of hydrogen-bond donors (Lipinski definition) is 0. The molecule has 0 aliphatic carbocycles. The van der Waals surface area contributed by atoms with Gasteiger partial charge in [-0.1, -0.05) is 20.8 Å². The quantitative estimate of drug-likeness (QED) is 0.636. The van der Waals surface area contributed by atoms with Gasteiger partial charge in [0.05, 0.1) is 0 Å². The van der Waals surface area contributed by atoms with Gasteiger partial charge in [-0.25, -0.2) is 0 Å². The second-order valence-corrected chi connectivity index (χ2v) is 5.94. The smallest absolute Gasteiger partial charge is 0.0125 e. The van der Waals surface area contributed by atoms with E-state index in [1.54, 1.807) is 0 Å². The van der Waals surface area contributed by atoms with Crippen molar-refractivity contribution in [2.24, 2.45) is 17.8 Å². The molecule has 0 amide bonds. The lowest BCUT2D eigenvalue weighted by Gasteiger charge is -2.50. The van der Waals surface area contributed by atoms with Gasteiger partial charge in [-0.05, 0) is 38.5 Å². The van der Waals surface area contributed by atoms with Crippen molar-refractivity contribution in [3.8, 4) is 0 Å². The average molecular weight is 183 g/mol. The molecule has 0 radical (unpaired) electrons. The molecule has 1 fully saturated rings. The molecule has 78 valence electrons. The Hall–Kier alpha value is -0.0400. The molecule has 0 saturated carbocycles. The van der Waals surface area contributed by atoms with Gasteiger partial charge in [-0.15, -0.1) is 0 Å². The number of rotatable bonds is 2. The van der Waals surface area contributed by atoms with Crippen LogP contribution in [0.2, 0.25) is 0 Å². The zero-order valence-electron chi connectivity index (χ0n) is 10.1. The summed E-state index contributed by atoms with van der Waals surface area (Å²) < 4.78 is 0. The lowest BCUT2D eigenvalue weighted by atomic mass is 9.78. The zero-order chi connectivity index (χ0) is 10.2. The summed E-state index contributed by atoms with van der Waals surface area (Å²) in [5.74, 6) is 2.67. The molecule has 0 aromatic carbocycles.